The molecule has 2 amide bonds. The lowest BCUT2D eigenvalue weighted by Gasteiger charge is -2.21. The van der Waals surface area contributed by atoms with Gasteiger partial charge in [0.1, 0.15) is 12.6 Å². The van der Waals surface area contributed by atoms with Crippen LogP contribution >= 0.6 is 0 Å². The van der Waals surface area contributed by atoms with E-state index in [0.717, 1.165) is 33.3 Å². The molecule has 0 spiro atoms. The number of H-pyrrole nitrogens is 1. The number of ether oxygens (including phenoxy) is 2. The van der Waals surface area contributed by atoms with E-state index in [4.69, 9.17) is 15.2 Å². The summed E-state index contributed by atoms with van der Waals surface area (Å²) in [5, 5.41) is 3.75. The number of carbonyl (C=O) groups is 3. The predicted molar refractivity (Wildman–Crippen MR) is 152 cm³/mol. The van der Waals surface area contributed by atoms with Crippen LogP contribution in [-0.2, 0) is 32.1 Å². The molecule has 5 rings (SSSR count). The van der Waals surface area contributed by atoms with E-state index in [-0.39, 0.29) is 25.4 Å². The fourth-order valence-electron chi connectivity index (χ4n) is 5.22. The molecule has 4 aromatic rings. The highest BCUT2D eigenvalue weighted by molar-refractivity contribution is 5.92. The number of fused-ring (bicyclic) bond motifs is 2. The maximum absolute atomic E-state index is 13.2. The Morgan fingerprint density at radius 1 is 1.02 bits per heavy atom. The van der Waals surface area contributed by atoms with Gasteiger partial charge < -0.3 is 25.5 Å². The molecule has 3 atom stereocenters. The molecule has 0 bridgehead atoms. The second-order valence-corrected chi connectivity index (χ2v) is 9.90. The molecule has 206 valence electrons. The number of aromatic nitrogens is 1. The van der Waals surface area contributed by atoms with Gasteiger partial charge in [-0.25, -0.2) is 9.59 Å². The summed E-state index contributed by atoms with van der Waals surface area (Å²) >= 11 is 0. The number of amides is 2. The zero-order valence-corrected chi connectivity index (χ0v) is 22.2. The topological polar surface area (TPSA) is 127 Å². The number of aromatic amines is 1. The van der Waals surface area contributed by atoms with Crippen LogP contribution in [0.5, 0.6) is 0 Å². The summed E-state index contributed by atoms with van der Waals surface area (Å²) < 4.78 is 10.5. The lowest BCUT2D eigenvalue weighted by atomic mass is 9.93. The molecule has 2 heterocycles. The largest absolute Gasteiger partial charge is 0.467 e. The SMILES string of the molecule is COC(=O)[C@H](Cc1c[nH]c2ccccc12)NC(=O)[C@@H](N)C[C@H]1CN(C(=O)OCc2ccccc2)c2ccccc21. The quantitative estimate of drug-likeness (QED) is 0.275. The normalized spacial score (nSPS) is 15.8. The molecule has 40 heavy (non-hydrogen) atoms. The molecule has 0 unspecified atom stereocenters. The summed E-state index contributed by atoms with van der Waals surface area (Å²) in [5.74, 6) is -1.19. The van der Waals surface area contributed by atoms with Crippen molar-refractivity contribution in [2.24, 2.45) is 5.73 Å². The monoisotopic (exact) mass is 540 g/mol. The number of hydrogen-bond acceptors (Lipinski definition) is 6. The van der Waals surface area contributed by atoms with Crippen LogP contribution in [0.25, 0.3) is 10.9 Å². The van der Waals surface area contributed by atoms with Crippen molar-refractivity contribution in [2.75, 3.05) is 18.6 Å². The molecule has 4 N–H and O–H groups in total. The maximum Gasteiger partial charge on any atom is 0.414 e. The maximum atomic E-state index is 13.2. The van der Waals surface area contributed by atoms with E-state index in [9.17, 15) is 14.4 Å². The number of benzene rings is 3. The Morgan fingerprint density at radius 2 is 1.75 bits per heavy atom. The van der Waals surface area contributed by atoms with Crippen molar-refractivity contribution < 1.29 is 23.9 Å². The molecule has 0 saturated carbocycles. The lowest BCUT2D eigenvalue weighted by molar-refractivity contribution is -0.145. The molecule has 9 nitrogen and oxygen atoms in total. The fraction of sp³-hybridized carbons (Fsp3) is 0.258. The first kappa shape index (κ1) is 27.0. The highest BCUT2D eigenvalue weighted by atomic mass is 16.6. The predicted octanol–water partition coefficient (Wildman–Crippen LogP) is 4.03. The highest BCUT2D eigenvalue weighted by Gasteiger charge is 2.35. The zero-order valence-electron chi connectivity index (χ0n) is 22.2. The van der Waals surface area contributed by atoms with E-state index < -0.39 is 30.1 Å². The van der Waals surface area contributed by atoms with Gasteiger partial charge in [0.05, 0.1) is 18.8 Å². The van der Waals surface area contributed by atoms with Crippen molar-refractivity contribution in [3.63, 3.8) is 0 Å². The van der Waals surface area contributed by atoms with Crippen molar-refractivity contribution in [3.05, 3.63) is 102 Å². The fourth-order valence-corrected chi connectivity index (χ4v) is 5.22. The van der Waals surface area contributed by atoms with Crippen molar-refractivity contribution in [3.8, 4) is 0 Å². The number of methoxy groups -OCH3 is 1. The van der Waals surface area contributed by atoms with Crippen LogP contribution in [0.2, 0.25) is 0 Å². The summed E-state index contributed by atoms with van der Waals surface area (Å²) in [6.07, 6.45) is 1.91. The summed E-state index contributed by atoms with van der Waals surface area (Å²) in [7, 11) is 1.29. The van der Waals surface area contributed by atoms with Gasteiger partial charge in [-0.3, -0.25) is 9.69 Å². The Balaban J connectivity index is 1.24. The molecular formula is C31H32N4O5. The van der Waals surface area contributed by atoms with Gasteiger partial charge >= 0.3 is 12.1 Å². The minimum absolute atomic E-state index is 0.163. The van der Waals surface area contributed by atoms with E-state index in [1.807, 2.05) is 85.1 Å². The zero-order chi connectivity index (χ0) is 28.1. The van der Waals surface area contributed by atoms with Crippen molar-refractivity contribution in [1.29, 1.82) is 0 Å². The first-order valence-corrected chi connectivity index (χ1v) is 13.2. The second kappa shape index (κ2) is 12.0. The lowest BCUT2D eigenvalue weighted by Crippen LogP contribution is -2.50. The minimum atomic E-state index is -0.909. The summed E-state index contributed by atoms with van der Waals surface area (Å²) in [5.41, 5.74) is 10.7. The van der Waals surface area contributed by atoms with Crippen LogP contribution in [0.3, 0.4) is 0 Å². The number of esters is 1. The van der Waals surface area contributed by atoms with Crippen LogP contribution in [0.4, 0.5) is 10.5 Å². The van der Waals surface area contributed by atoms with Gasteiger partial charge in [0.15, 0.2) is 0 Å². The molecule has 9 heteroatoms. The third kappa shape index (κ3) is 5.84. The van der Waals surface area contributed by atoms with E-state index in [2.05, 4.69) is 10.3 Å². The van der Waals surface area contributed by atoms with Gasteiger partial charge in [0.2, 0.25) is 5.91 Å². The van der Waals surface area contributed by atoms with Crippen molar-refractivity contribution in [1.82, 2.24) is 10.3 Å². The third-order valence-corrected chi connectivity index (χ3v) is 7.27. The van der Waals surface area contributed by atoms with E-state index in [1.165, 1.54) is 7.11 Å². The molecule has 1 aromatic heterocycles. The molecule has 0 saturated heterocycles. The summed E-state index contributed by atoms with van der Waals surface area (Å²) in [4.78, 5) is 43.5. The smallest absolute Gasteiger partial charge is 0.414 e. The highest BCUT2D eigenvalue weighted by Crippen LogP contribution is 2.39. The number of hydrogen-bond donors (Lipinski definition) is 3. The van der Waals surface area contributed by atoms with Gasteiger partial charge in [0, 0.05) is 36.0 Å². The third-order valence-electron chi connectivity index (χ3n) is 7.27. The van der Waals surface area contributed by atoms with E-state index in [0.29, 0.717) is 6.54 Å². The number of nitrogens with two attached hydrogens (primary N) is 1. The standard InChI is InChI=1S/C31H32N4O5/c1-39-30(37)27(16-21-17-33-26-13-7-5-11-23(21)26)34-29(36)25(32)15-22-18-35(28-14-8-6-12-24(22)28)31(38)40-19-20-9-3-2-4-10-20/h2-14,17,22,25,27,33H,15-16,18-19,32H2,1H3,(H,34,36)/t22-,25-,27-/m0/s1. The molecule has 1 aliphatic rings. The Bertz CT molecular complexity index is 1500. The van der Waals surface area contributed by atoms with Crippen LogP contribution in [0.1, 0.15) is 29.0 Å². The number of nitrogens with one attached hydrogen (secondary N) is 2. The molecule has 0 fully saturated rings. The number of anilines is 1. The van der Waals surface area contributed by atoms with Crippen LogP contribution < -0.4 is 16.0 Å². The van der Waals surface area contributed by atoms with Gasteiger partial charge in [-0.2, -0.15) is 0 Å². The second-order valence-electron chi connectivity index (χ2n) is 9.90. The van der Waals surface area contributed by atoms with E-state index >= 15 is 0 Å². The molecule has 0 aliphatic carbocycles. The molecule has 1 aliphatic heterocycles. The van der Waals surface area contributed by atoms with Gasteiger partial charge in [0.25, 0.3) is 0 Å². The van der Waals surface area contributed by atoms with Gasteiger partial charge in [-0.15, -0.1) is 0 Å². The van der Waals surface area contributed by atoms with Crippen LogP contribution in [0.15, 0.2) is 85.1 Å². The Kier molecular flexibility index (Phi) is 8.12. The van der Waals surface area contributed by atoms with Crippen molar-refractivity contribution >= 4 is 34.6 Å². The van der Waals surface area contributed by atoms with Crippen LogP contribution in [0, 0.1) is 0 Å². The van der Waals surface area contributed by atoms with E-state index in [1.54, 1.807) is 4.90 Å². The Hall–Kier alpha value is -4.63. The summed E-state index contributed by atoms with van der Waals surface area (Å²) in [6.45, 7) is 0.500. The first-order valence-electron chi connectivity index (χ1n) is 13.2. The number of rotatable bonds is 9. The Labute approximate surface area is 232 Å². The number of nitrogens with zero attached hydrogens (tertiary/aromatic N) is 1. The van der Waals surface area contributed by atoms with Crippen molar-refractivity contribution in [2.45, 2.75) is 37.5 Å². The number of para-hydroxylation sites is 2. The molecular weight excluding hydrogens is 508 g/mol. The average Bonchev–Trinajstić information content (AvgIpc) is 3.57. The summed E-state index contributed by atoms with van der Waals surface area (Å²) in [6, 6.07) is 23.0. The molecule has 3 aromatic carbocycles. The van der Waals surface area contributed by atoms with Gasteiger partial charge in [-0.05, 0) is 35.2 Å². The minimum Gasteiger partial charge on any atom is -0.467 e. The molecule has 0 radical (unpaired) electrons. The average molecular weight is 541 g/mol. The number of carbonyl (C=O) groups excluding carboxylic acids is 3. The Morgan fingerprint density at radius 3 is 2.55 bits per heavy atom. The first-order chi connectivity index (χ1) is 19.4. The van der Waals surface area contributed by atoms with Crippen LogP contribution in [-0.4, -0.2) is 48.7 Å². The van der Waals surface area contributed by atoms with Gasteiger partial charge in [-0.1, -0.05) is 66.7 Å².